The van der Waals surface area contributed by atoms with Crippen molar-refractivity contribution in [3.05, 3.63) is 407 Å². The topological polar surface area (TPSA) is 9.72 Å². The van der Waals surface area contributed by atoms with Crippen molar-refractivity contribution in [1.82, 2.24) is 0 Å². The van der Waals surface area contributed by atoms with E-state index in [-0.39, 0.29) is 0 Å². The first kappa shape index (κ1) is 105. The number of benzene rings is 15. The van der Waals surface area contributed by atoms with Crippen molar-refractivity contribution in [1.29, 1.82) is 0 Å². The van der Waals surface area contributed by atoms with Crippen molar-refractivity contribution in [3.8, 4) is 66.8 Å². The van der Waals surface area contributed by atoms with Gasteiger partial charge in [0.25, 0.3) is 0 Å². The van der Waals surface area contributed by atoms with E-state index in [9.17, 15) is 0 Å². The van der Waals surface area contributed by atoms with Crippen molar-refractivity contribution in [2.45, 2.75) is 285 Å². The van der Waals surface area contributed by atoms with Gasteiger partial charge in [-0.3, -0.25) is 0 Å². The quantitative estimate of drug-likeness (QED) is 0.150. The molecule has 0 amide bonds. The normalized spacial score (nSPS) is 12.3. The van der Waals surface area contributed by atoms with Crippen molar-refractivity contribution in [3.63, 3.8) is 0 Å². The van der Waals surface area contributed by atoms with E-state index in [2.05, 4.69) is 288 Å². The lowest BCUT2D eigenvalue weighted by molar-refractivity contribution is 0.995. The van der Waals surface area contributed by atoms with Crippen LogP contribution in [-0.4, -0.2) is 0 Å². The molecule has 6 heterocycles. The van der Waals surface area contributed by atoms with Crippen LogP contribution in [0.5, 0.6) is 0 Å². The summed E-state index contributed by atoms with van der Waals surface area (Å²) in [7, 11) is 0. The van der Waals surface area contributed by atoms with E-state index in [0.29, 0.717) is 0 Å². The van der Waals surface area contributed by atoms with Gasteiger partial charge >= 0.3 is 0 Å². The predicted octanol–water partition coefficient (Wildman–Crippen LogP) is 39.7. The van der Waals surface area contributed by atoms with Crippen LogP contribution >= 0.6 is 0 Å². The molecule has 3 heteroatoms. The van der Waals surface area contributed by atoms with Crippen LogP contribution in [-0.2, 0) is 77.0 Å². The maximum atomic E-state index is 2.61. The van der Waals surface area contributed by atoms with Gasteiger partial charge in [-0.2, -0.15) is 0 Å². The Labute approximate surface area is 818 Å². The molecule has 0 N–H and O–H groups in total. The largest absolute Gasteiger partial charge is 0.309 e. The van der Waals surface area contributed by atoms with Crippen molar-refractivity contribution >= 4 is 51.2 Å². The smallest absolute Gasteiger partial charge is 0.0532 e. The fourth-order valence-corrected chi connectivity index (χ4v) is 21.6. The second kappa shape index (κ2) is 49.8. The lowest BCUT2D eigenvalue weighted by Gasteiger charge is -2.40. The summed E-state index contributed by atoms with van der Waals surface area (Å²) in [6.45, 7) is 60.0. The summed E-state index contributed by atoms with van der Waals surface area (Å²) in [6, 6.07) is 104. The summed E-state index contributed by atoms with van der Waals surface area (Å²) in [5.74, 6) is 0. The number of nitrogens with zero attached hydrogens (tertiary/aromatic N) is 3. The molecule has 0 saturated carbocycles. The molecule has 135 heavy (non-hydrogen) atoms. The van der Waals surface area contributed by atoms with Crippen LogP contribution in [0.15, 0.2) is 273 Å². The van der Waals surface area contributed by atoms with Crippen LogP contribution in [0.1, 0.15) is 341 Å². The summed E-state index contributed by atoms with van der Waals surface area (Å²) >= 11 is 0. The zero-order chi connectivity index (χ0) is 98.0. The van der Waals surface area contributed by atoms with Crippen LogP contribution in [0, 0.1) is 0 Å². The van der Waals surface area contributed by atoms with E-state index in [1.807, 2.05) is 208 Å². The predicted molar refractivity (Wildman–Crippen MR) is 600 cm³/mol. The molecule has 0 spiro atoms. The summed E-state index contributed by atoms with van der Waals surface area (Å²) < 4.78 is 0. The fourth-order valence-electron chi connectivity index (χ4n) is 21.6. The number of hydrogen-bond acceptors (Lipinski definition) is 3. The summed E-state index contributed by atoms with van der Waals surface area (Å²) in [6.07, 6.45) is 12.3. The SMILES string of the molecule is CC.CC.CC.CC.CC.CC.CC.CC.CC.CC.CC.CC.CC.CC.CC.c1ccc2c(c1)Cc1cc3c(cc1-2)Cc1cccc2c1N3c1cc3c(cc1C2)Cc1ccccc1-3.c1ccc2c(c1)Cc1cc3c(cc1-2)Cc1cccc2c1N3c1ccc3c(c1C2)-c1ccccc1C3.c1ccc2c(c1)Cc1cc3c(cc1-2)Cc1cccc2c1N3c1ccc3c(c1C2)Cc1ccccc1-3. The second-order valence-corrected chi connectivity index (χ2v) is 31.6. The standard InChI is InChI=1S/3C34H23N.15C2H6/c1-4-11-27-20(6-1)14-24-19-33-25(18-29(24)27)15-22-8-5-9-23-17-31-30-16-21-7-2-3-10-26(21)28(30)12-13-32(31)35(33)34(22)23;1-3-10-28-21(7-1)13-25-18-32-27(17-30(25)28)15-23-9-5-8-22-14-26-16-24-12-20-6-2-4-11-29(20)31(24)19-33(26)35(32)34(22)23;1-3-10-27-20(6-1)15-25-19-32-26(18-29(25)27)16-23-8-5-9-24-17-30-31(35(32)34(23)24)13-12-22-14-21-7-2-4-11-28(21)33(22)30;15*1-2/h1-13,18-19H,14-17H2;1-11,16-19H,12-15H2;1-13,18-19H,14-17H2;15*1-2H3. The molecule has 6 aliphatic carbocycles. The Morgan fingerprint density at radius 1 is 0.126 bits per heavy atom. The van der Waals surface area contributed by atoms with Gasteiger partial charge in [-0.25, -0.2) is 0 Å². The molecule has 0 bridgehead atoms. The molecule has 12 aliphatic rings. The summed E-state index contributed by atoms with van der Waals surface area (Å²) in [5.41, 5.74) is 64.8. The van der Waals surface area contributed by atoms with Gasteiger partial charge in [0.15, 0.2) is 0 Å². The van der Waals surface area contributed by atoms with Gasteiger partial charge in [-0.15, -0.1) is 0 Å². The van der Waals surface area contributed by atoms with E-state index in [1.54, 1.807) is 0 Å². The third kappa shape index (κ3) is 19.2. The first-order valence-corrected chi connectivity index (χ1v) is 53.1. The van der Waals surface area contributed by atoms with Gasteiger partial charge in [-0.05, 0) is 293 Å². The minimum atomic E-state index is 1.01. The molecule has 0 atom stereocenters. The highest BCUT2D eigenvalue weighted by Gasteiger charge is 2.41. The van der Waals surface area contributed by atoms with Crippen LogP contribution in [0.3, 0.4) is 0 Å². The lowest BCUT2D eigenvalue weighted by Crippen LogP contribution is -2.25. The molecule has 0 radical (unpaired) electrons. The van der Waals surface area contributed by atoms with Gasteiger partial charge in [0.2, 0.25) is 0 Å². The highest BCUT2D eigenvalue weighted by Crippen LogP contribution is 2.60. The van der Waals surface area contributed by atoms with Crippen molar-refractivity contribution in [2.24, 2.45) is 0 Å². The third-order valence-corrected chi connectivity index (χ3v) is 26.1. The molecule has 0 fully saturated rings. The Morgan fingerprint density at radius 2 is 0.348 bits per heavy atom. The Morgan fingerprint density at radius 3 is 0.704 bits per heavy atom. The fraction of sp³-hybridized carbons (Fsp3) is 0.318. The first-order valence-electron chi connectivity index (χ1n) is 53.1. The third-order valence-electron chi connectivity index (χ3n) is 26.1. The Hall–Kier alpha value is -12.3. The molecule has 6 aliphatic heterocycles. The van der Waals surface area contributed by atoms with Crippen LogP contribution < -0.4 is 14.7 Å². The van der Waals surface area contributed by atoms with Crippen LogP contribution in [0.4, 0.5) is 51.2 Å². The van der Waals surface area contributed by atoms with Gasteiger partial charge < -0.3 is 14.7 Å². The zero-order valence-electron chi connectivity index (χ0n) is 88.3. The Bertz CT molecular complexity index is 6380. The molecule has 0 saturated heterocycles. The zero-order valence-corrected chi connectivity index (χ0v) is 88.3. The van der Waals surface area contributed by atoms with E-state index in [4.69, 9.17) is 0 Å². The Balaban J connectivity index is 0.000000184. The maximum absolute atomic E-state index is 2.61. The van der Waals surface area contributed by atoms with Crippen LogP contribution in [0.25, 0.3) is 66.8 Å². The monoisotopic (exact) mass is 1790 g/mol. The molecular formula is C132H159N3. The summed E-state index contributed by atoms with van der Waals surface area (Å²) in [4.78, 5) is 7.81. The van der Waals surface area contributed by atoms with E-state index in [0.717, 1.165) is 77.0 Å². The molecule has 3 nitrogen and oxygen atoms in total. The van der Waals surface area contributed by atoms with E-state index < -0.39 is 0 Å². The molecule has 702 valence electrons. The maximum Gasteiger partial charge on any atom is 0.0532 e. The number of para-hydroxylation sites is 3. The first-order chi connectivity index (χ1) is 67.0. The average Bonchev–Trinajstić information content (AvgIpc) is 1.69. The Kier molecular flexibility index (Phi) is 38.6. The number of fused-ring (bicyclic) bond motifs is 32. The van der Waals surface area contributed by atoms with E-state index >= 15 is 0 Å². The number of hydrogen-bond donors (Lipinski definition) is 0. The average molecular weight is 1790 g/mol. The highest BCUT2D eigenvalue weighted by atomic mass is 15.2. The van der Waals surface area contributed by atoms with Gasteiger partial charge in [0, 0.05) is 38.5 Å². The van der Waals surface area contributed by atoms with Crippen molar-refractivity contribution in [2.75, 3.05) is 14.7 Å². The second-order valence-electron chi connectivity index (χ2n) is 31.6. The molecule has 15 aromatic carbocycles. The molecule has 0 unspecified atom stereocenters. The van der Waals surface area contributed by atoms with E-state index in [1.165, 1.54) is 251 Å². The number of anilines is 9. The lowest BCUT2D eigenvalue weighted by atomic mass is 9.83. The van der Waals surface area contributed by atoms with Crippen molar-refractivity contribution < 1.29 is 0 Å². The minimum absolute atomic E-state index is 1.01. The van der Waals surface area contributed by atoms with Crippen LogP contribution in [0.2, 0.25) is 0 Å². The van der Waals surface area contributed by atoms with Gasteiger partial charge in [-0.1, -0.05) is 426 Å². The number of rotatable bonds is 0. The summed E-state index contributed by atoms with van der Waals surface area (Å²) in [5, 5.41) is 0. The highest BCUT2D eigenvalue weighted by molar-refractivity contribution is 6.00. The van der Waals surface area contributed by atoms with Gasteiger partial charge in [0.05, 0.1) is 51.2 Å². The molecular weight excluding hydrogens is 1630 g/mol. The van der Waals surface area contributed by atoms with Gasteiger partial charge in [0.1, 0.15) is 0 Å². The molecule has 0 aromatic heterocycles. The molecule has 15 aromatic rings. The molecule has 27 rings (SSSR count). The minimum Gasteiger partial charge on any atom is -0.309 e.